The van der Waals surface area contributed by atoms with E-state index in [4.69, 9.17) is 4.84 Å². The highest BCUT2D eigenvalue weighted by atomic mass is 16.7. The van der Waals surface area contributed by atoms with Crippen molar-refractivity contribution in [2.45, 2.75) is 84.5 Å². The molecule has 0 aromatic rings. The van der Waals surface area contributed by atoms with Gasteiger partial charge in [0.05, 0.1) is 11.6 Å². The molecule has 5 nitrogen and oxygen atoms in total. The molecule has 0 N–H and O–H groups in total. The highest BCUT2D eigenvalue weighted by Gasteiger charge is 2.55. The van der Waals surface area contributed by atoms with Gasteiger partial charge in [0.25, 0.3) is 0 Å². The van der Waals surface area contributed by atoms with Gasteiger partial charge in [-0.2, -0.15) is 10.3 Å². The number of piperazine rings is 1. The van der Waals surface area contributed by atoms with Gasteiger partial charge in [-0.25, -0.2) is 0 Å². The number of carbonyl (C=O) groups is 1. The summed E-state index contributed by atoms with van der Waals surface area (Å²) in [6, 6.07) is 2.30. The third-order valence-corrected chi connectivity index (χ3v) is 4.18. The summed E-state index contributed by atoms with van der Waals surface area (Å²) < 4.78 is 0. The summed E-state index contributed by atoms with van der Waals surface area (Å²) in [6.07, 6.45) is 0.625. The molecule has 0 aromatic carbocycles. The van der Waals surface area contributed by atoms with Gasteiger partial charge in [0.1, 0.15) is 5.54 Å². The molecule has 0 saturated carbocycles. The molecule has 1 aliphatic rings. The number of nitriles is 1. The zero-order valence-corrected chi connectivity index (χ0v) is 14.6. The average molecular weight is 295 g/mol. The Hall–Kier alpha value is -1.12. The van der Waals surface area contributed by atoms with Crippen molar-refractivity contribution in [3.8, 4) is 6.07 Å². The fourth-order valence-electron chi connectivity index (χ4n) is 2.80. The molecule has 120 valence electrons. The monoisotopic (exact) mass is 295 g/mol. The first kappa shape index (κ1) is 17.9. The Morgan fingerprint density at radius 3 is 2.29 bits per heavy atom. The predicted octanol–water partition coefficient (Wildman–Crippen LogP) is 2.72. The zero-order valence-electron chi connectivity index (χ0n) is 14.6. The first-order valence-electron chi connectivity index (χ1n) is 7.63. The van der Waals surface area contributed by atoms with Crippen molar-refractivity contribution in [1.29, 1.82) is 5.26 Å². The Labute approximate surface area is 128 Å². The number of hydrogen-bond donors (Lipinski definition) is 0. The summed E-state index contributed by atoms with van der Waals surface area (Å²) in [5, 5.41) is 11.0. The fourth-order valence-corrected chi connectivity index (χ4v) is 2.80. The van der Waals surface area contributed by atoms with Gasteiger partial charge in [0.2, 0.25) is 5.91 Å². The second kappa shape index (κ2) is 5.58. The van der Waals surface area contributed by atoms with Crippen molar-refractivity contribution >= 4 is 5.91 Å². The second-order valence-corrected chi connectivity index (χ2v) is 7.47. The molecule has 1 unspecified atom stereocenters. The number of hydroxylamine groups is 2. The van der Waals surface area contributed by atoms with E-state index in [1.807, 2.05) is 32.6 Å². The third-order valence-electron chi connectivity index (χ3n) is 4.18. The van der Waals surface area contributed by atoms with Crippen LogP contribution in [0.15, 0.2) is 0 Å². The number of amides is 1. The quantitative estimate of drug-likeness (QED) is 0.800. The highest BCUT2D eigenvalue weighted by Crippen LogP contribution is 2.38. The van der Waals surface area contributed by atoms with Gasteiger partial charge in [-0.1, -0.05) is 6.92 Å². The van der Waals surface area contributed by atoms with Gasteiger partial charge in [0.15, 0.2) is 5.60 Å². The minimum atomic E-state index is -0.964. The van der Waals surface area contributed by atoms with Crippen LogP contribution in [-0.2, 0) is 9.63 Å². The molecule has 1 amide bonds. The van der Waals surface area contributed by atoms with E-state index in [1.165, 1.54) is 0 Å². The van der Waals surface area contributed by atoms with Crippen molar-refractivity contribution in [2.75, 3.05) is 6.54 Å². The second-order valence-electron chi connectivity index (χ2n) is 7.47. The number of hydrogen-bond acceptors (Lipinski definition) is 4. The lowest BCUT2D eigenvalue weighted by molar-refractivity contribution is -0.316. The number of nitrogens with zero attached hydrogens (tertiary/aromatic N) is 3. The van der Waals surface area contributed by atoms with Crippen molar-refractivity contribution < 1.29 is 9.63 Å². The van der Waals surface area contributed by atoms with Crippen molar-refractivity contribution in [3.05, 3.63) is 0 Å². The Balaban J connectivity index is 3.28. The molecule has 21 heavy (non-hydrogen) atoms. The normalized spacial score (nSPS) is 27.0. The molecule has 0 radical (unpaired) electrons. The maximum atomic E-state index is 12.9. The average Bonchev–Trinajstić information content (AvgIpc) is 2.39. The van der Waals surface area contributed by atoms with Crippen LogP contribution in [0.1, 0.15) is 61.8 Å². The van der Waals surface area contributed by atoms with Gasteiger partial charge in [0, 0.05) is 12.6 Å². The summed E-state index contributed by atoms with van der Waals surface area (Å²) in [5.41, 5.74) is -2.09. The van der Waals surface area contributed by atoms with Gasteiger partial charge < -0.3 is 4.90 Å². The van der Waals surface area contributed by atoms with E-state index in [0.717, 1.165) is 0 Å². The highest BCUT2D eigenvalue weighted by molar-refractivity contribution is 5.87. The van der Waals surface area contributed by atoms with Crippen LogP contribution in [0.4, 0.5) is 0 Å². The first-order chi connectivity index (χ1) is 9.41. The summed E-state index contributed by atoms with van der Waals surface area (Å²) in [4.78, 5) is 20.8. The van der Waals surface area contributed by atoms with Crippen molar-refractivity contribution in [2.24, 2.45) is 0 Å². The lowest BCUT2D eigenvalue weighted by atomic mass is 9.85. The maximum absolute atomic E-state index is 12.9. The van der Waals surface area contributed by atoms with Gasteiger partial charge in [-0.05, 0) is 54.9 Å². The first-order valence-corrected chi connectivity index (χ1v) is 7.63. The molecule has 0 bridgehead atoms. The molecule has 1 fully saturated rings. The molecule has 1 heterocycles. The van der Waals surface area contributed by atoms with E-state index >= 15 is 0 Å². The summed E-state index contributed by atoms with van der Waals surface area (Å²) in [6.45, 7) is 16.1. The standard InChI is InChI=1S/C16H29N3O2/c1-9-16(8)13(20)18(12(2)3)11-14(4,5)19(16)21-15(6,7)10-17/h12H,9,11H2,1-8H3. The number of carbonyl (C=O) groups excluding carboxylic acids is 1. The van der Waals surface area contributed by atoms with Crippen LogP contribution in [-0.4, -0.2) is 45.1 Å². The van der Waals surface area contributed by atoms with Crippen LogP contribution < -0.4 is 0 Å². The Kier molecular flexibility index (Phi) is 4.77. The summed E-state index contributed by atoms with van der Waals surface area (Å²) >= 11 is 0. The largest absolute Gasteiger partial charge is 0.337 e. The van der Waals surface area contributed by atoms with Crippen molar-refractivity contribution in [3.63, 3.8) is 0 Å². The van der Waals surface area contributed by atoms with Crippen LogP contribution in [0.3, 0.4) is 0 Å². The van der Waals surface area contributed by atoms with E-state index in [-0.39, 0.29) is 17.5 Å². The third kappa shape index (κ3) is 3.22. The van der Waals surface area contributed by atoms with Gasteiger partial charge >= 0.3 is 0 Å². The molecule has 5 heteroatoms. The van der Waals surface area contributed by atoms with Crippen LogP contribution in [0.2, 0.25) is 0 Å². The van der Waals surface area contributed by atoms with E-state index < -0.39 is 11.1 Å². The lowest BCUT2D eigenvalue weighted by Crippen LogP contribution is -2.73. The van der Waals surface area contributed by atoms with Crippen LogP contribution in [0.25, 0.3) is 0 Å². The summed E-state index contributed by atoms with van der Waals surface area (Å²) in [7, 11) is 0. The van der Waals surface area contributed by atoms with Crippen molar-refractivity contribution in [1.82, 2.24) is 9.96 Å². The maximum Gasteiger partial charge on any atom is 0.245 e. The summed E-state index contributed by atoms with van der Waals surface area (Å²) in [5.74, 6) is 0.0630. The van der Waals surface area contributed by atoms with Crippen LogP contribution >= 0.6 is 0 Å². The van der Waals surface area contributed by atoms with Gasteiger partial charge in [-0.3, -0.25) is 9.63 Å². The lowest BCUT2D eigenvalue weighted by Gasteiger charge is -2.56. The van der Waals surface area contributed by atoms with E-state index in [1.54, 1.807) is 18.9 Å². The predicted molar refractivity (Wildman–Crippen MR) is 82.2 cm³/mol. The molecule has 0 aromatic heterocycles. The molecule has 0 spiro atoms. The Bertz CT molecular complexity index is 451. The minimum Gasteiger partial charge on any atom is -0.337 e. The van der Waals surface area contributed by atoms with E-state index in [0.29, 0.717) is 13.0 Å². The smallest absolute Gasteiger partial charge is 0.245 e. The topological polar surface area (TPSA) is 56.6 Å². The van der Waals surface area contributed by atoms with E-state index in [9.17, 15) is 10.1 Å². The molecular formula is C16H29N3O2. The van der Waals surface area contributed by atoms with E-state index in [2.05, 4.69) is 19.9 Å². The molecule has 1 saturated heterocycles. The zero-order chi connectivity index (χ0) is 16.6. The Morgan fingerprint density at radius 2 is 1.90 bits per heavy atom. The molecular weight excluding hydrogens is 266 g/mol. The molecule has 0 aliphatic carbocycles. The molecule has 1 atom stereocenters. The molecule has 1 aliphatic heterocycles. The number of rotatable bonds is 4. The van der Waals surface area contributed by atoms with Gasteiger partial charge in [-0.15, -0.1) is 0 Å². The Morgan fingerprint density at radius 1 is 1.38 bits per heavy atom. The fraction of sp³-hybridized carbons (Fsp3) is 0.875. The van der Waals surface area contributed by atoms with Crippen LogP contribution in [0, 0.1) is 11.3 Å². The van der Waals surface area contributed by atoms with Crippen LogP contribution in [0.5, 0.6) is 0 Å². The SMILES string of the molecule is CCC1(C)C(=O)N(C(C)C)CC(C)(C)N1OC(C)(C)C#N. The molecule has 1 rings (SSSR count). The minimum absolute atomic E-state index is 0.0630.